The fraction of sp³-hybridized carbons (Fsp3) is 0.667. The Bertz CT molecular complexity index is 577. The van der Waals surface area contributed by atoms with Crippen LogP contribution in [0.15, 0.2) is 20.3 Å². The lowest BCUT2D eigenvalue weighted by Gasteiger charge is -2.09. The first-order chi connectivity index (χ1) is 11.2. The molecule has 1 aliphatic carbocycles. The van der Waals surface area contributed by atoms with Crippen LogP contribution in [0.3, 0.4) is 0 Å². The summed E-state index contributed by atoms with van der Waals surface area (Å²) in [5.41, 5.74) is 0.190. The molecular formula is C18H27NO4. The number of hydrogen-bond acceptors (Lipinski definition) is 5. The predicted molar refractivity (Wildman–Crippen MR) is 90.4 cm³/mol. The molecular weight excluding hydrogens is 294 g/mol. The minimum Gasteiger partial charge on any atom is -0.507 e. The fourth-order valence-corrected chi connectivity index (χ4v) is 3.04. The predicted octanol–water partition coefficient (Wildman–Crippen LogP) is 3.19. The second-order valence-corrected chi connectivity index (χ2v) is 6.14. The molecule has 0 aromatic carbocycles. The van der Waals surface area contributed by atoms with Gasteiger partial charge in [0.15, 0.2) is 0 Å². The number of aromatic hydroxyl groups is 1. The highest BCUT2D eigenvalue weighted by molar-refractivity contribution is 6.02. The summed E-state index contributed by atoms with van der Waals surface area (Å²) >= 11 is 0. The molecule has 3 rings (SSSR count). The van der Waals surface area contributed by atoms with Crippen LogP contribution in [0.4, 0.5) is 0 Å². The molecule has 2 bridgehead atoms. The van der Waals surface area contributed by atoms with Gasteiger partial charge >= 0.3 is 5.63 Å². The van der Waals surface area contributed by atoms with E-state index in [-0.39, 0.29) is 24.5 Å². The number of aliphatic hydroxyl groups excluding tert-OH is 1. The minimum absolute atomic E-state index is 0.0530. The zero-order chi connectivity index (χ0) is 16.5. The number of hydrogen-bond donors (Lipinski definition) is 2. The molecule has 128 valence electrons. The van der Waals surface area contributed by atoms with Crippen molar-refractivity contribution in [1.82, 2.24) is 0 Å². The van der Waals surface area contributed by atoms with Gasteiger partial charge < -0.3 is 14.6 Å². The van der Waals surface area contributed by atoms with E-state index in [1.807, 2.05) is 0 Å². The maximum atomic E-state index is 12.3. The van der Waals surface area contributed by atoms with Gasteiger partial charge in [0, 0.05) is 12.5 Å². The molecule has 0 saturated heterocycles. The van der Waals surface area contributed by atoms with Crippen molar-refractivity contribution in [2.45, 2.75) is 64.2 Å². The van der Waals surface area contributed by atoms with Crippen molar-refractivity contribution in [3.8, 4) is 5.75 Å². The van der Waals surface area contributed by atoms with Crippen LogP contribution in [0.25, 0.3) is 0 Å². The van der Waals surface area contributed by atoms with E-state index >= 15 is 0 Å². The summed E-state index contributed by atoms with van der Waals surface area (Å²) in [7, 11) is 0. The van der Waals surface area contributed by atoms with Gasteiger partial charge in [-0.3, -0.25) is 4.99 Å². The van der Waals surface area contributed by atoms with E-state index in [1.165, 1.54) is 25.7 Å². The summed E-state index contributed by atoms with van der Waals surface area (Å²) in [4.78, 5) is 16.6. The molecule has 5 nitrogen and oxygen atoms in total. The number of fused-ring (bicyclic) bond motifs is 12. The van der Waals surface area contributed by atoms with Gasteiger partial charge in [-0.2, -0.15) is 0 Å². The summed E-state index contributed by atoms with van der Waals surface area (Å²) in [5.74, 6) is 0.482. The van der Waals surface area contributed by atoms with E-state index < -0.39 is 5.63 Å². The molecule has 0 fully saturated rings. The smallest absolute Gasteiger partial charge is 0.348 e. The van der Waals surface area contributed by atoms with Crippen molar-refractivity contribution < 1.29 is 14.6 Å². The van der Waals surface area contributed by atoms with Gasteiger partial charge in [0.05, 0.1) is 18.9 Å². The van der Waals surface area contributed by atoms with Gasteiger partial charge in [-0.05, 0) is 19.3 Å². The van der Waals surface area contributed by atoms with Gasteiger partial charge in [-0.15, -0.1) is 0 Å². The van der Waals surface area contributed by atoms with E-state index in [4.69, 9.17) is 9.52 Å². The Balaban J connectivity index is 2.29. The normalized spacial score (nSPS) is 19.4. The fourth-order valence-electron chi connectivity index (χ4n) is 3.04. The molecule has 5 heteroatoms. The van der Waals surface area contributed by atoms with Crippen LogP contribution in [-0.4, -0.2) is 29.1 Å². The zero-order valence-electron chi connectivity index (χ0n) is 13.7. The lowest BCUT2D eigenvalue weighted by atomic mass is 10.0. The van der Waals surface area contributed by atoms with Crippen LogP contribution in [0, 0.1) is 0 Å². The third-order valence-corrected chi connectivity index (χ3v) is 4.26. The van der Waals surface area contributed by atoms with Gasteiger partial charge in [-0.25, -0.2) is 4.79 Å². The number of rotatable bonds is 2. The number of nitrogens with zero attached hydrogens (tertiary/aromatic N) is 1. The van der Waals surface area contributed by atoms with Gasteiger partial charge in [-0.1, -0.05) is 38.5 Å². The molecule has 1 aliphatic heterocycles. The average Bonchev–Trinajstić information content (AvgIpc) is 2.53. The standard InChI is InChI=1S/C18H27NO4/c20-12-11-19-15-10-8-6-4-2-1-3-5-7-9-14-13-16(21)17(15)18(22)23-14/h13,20-21H,1-12H2. The van der Waals surface area contributed by atoms with Crippen molar-refractivity contribution >= 4 is 5.71 Å². The van der Waals surface area contributed by atoms with E-state index in [0.29, 0.717) is 24.3 Å². The molecule has 23 heavy (non-hydrogen) atoms. The molecule has 0 amide bonds. The Kier molecular flexibility index (Phi) is 7.33. The highest BCUT2D eigenvalue weighted by Crippen LogP contribution is 2.21. The molecule has 2 heterocycles. The maximum Gasteiger partial charge on any atom is 0.348 e. The van der Waals surface area contributed by atoms with E-state index in [2.05, 4.69) is 4.99 Å². The van der Waals surface area contributed by atoms with Crippen LogP contribution < -0.4 is 5.63 Å². The first kappa shape index (κ1) is 17.7. The van der Waals surface area contributed by atoms with Crippen LogP contribution in [-0.2, 0) is 6.42 Å². The molecule has 0 saturated carbocycles. The lowest BCUT2D eigenvalue weighted by molar-refractivity contribution is 0.306. The summed E-state index contributed by atoms with van der Waals surface area (Å²) in [5, 5.41) is 19.3. The number of aryl methyl sites for hydroxylation is 1. The molecule has 0 atom stereocenters. The number of aliphatic hydroxyl groups is 1. The summed E-state index contributed by atoms with van der Waals surface area (Å²) in [6.07, 6.45) is 10.3. The van der Waals surface area contributed by atoms with Crippen molar-refractivity contribution in [2.24, 2.45) is 4.99 Å². The van der Waals surface area contributed by atoms with Gasteiger partial charge in [0.2, 0.25) is 0 Å². The summed E-state index contributed by atoms with van der Waals surface area (Å²) in [6.45, 7) is 0.156. The molecule has 0 radical (unpaired) electrons. The second-order valence-electron chi connectivity index (χ2n) is 6.14. The Morgan fingerprint density at radius 1 is 1.00 bits per heavy atom. The van der Waals surface area contributed by atoms with Crippen LogP contribution >= 0.6 is 0 Å². The monoisotopic (exact) mass is 321 g/mol. The first-order valence-corrected chi connectivity index (χ1v) is 8.73. The van der Waals surface area contributed by atoms with Crippen molar-refractivity contribution in [1.29, 1.82) is 0 Å². The Labute approximate surface area is 137 Å². The van der Waals surface area contributed by atoms with Crippen molar-refractivity contribution in [3.63, 3.8) is 0 Å². The van der Waals surface area contributed by atoms with E-state index in [0.717, 1.165) is 25.7 Å². The van der Waals surface area contributed by atoms with E-state index in [1.54, 1.807) is 6.07 Å². The second kappa shape index (κ2) is 9.50. The Hall–Kier alpha value is -1.62. The Morgan fingerprint density at radius 3 is 2.22 bits per heavy atom. The Morgan fingerprint density at radius 2 is 1.61 bits per heavy atom. The number of aliphatic imine (C=N–C) groups is 1. The zero-order valence-corrected chi connectivity index (χ0v) is 13.7. The minimum atomic E-state index is -0.522. The highest BCUT2D eigenvalue weighted by atomic mass is 16.4. The first-order valence-electron chi connectivity index (χ1n) is 8.73. The maximum absolute atomic E-state index is 12.3. The van der Waals surface area contributed by atoms with Gasteiger partial charge in [0.1, 0.15) is 17.1 Å². The quantitative estimate of drug-likeness (QED) is 0.876. The molecule has 0 spiro atoms. The van der Waals surface area contributed by atoms with Crippen molar-refractivity contribution in [2.75, 3.05) is 13.2 Å². The van der Waals surface area contributed by atoms with Crippen LogP contribution in [0.2, 0.25) is 0 Å². The van der Waals surface area contributed by atoms with Gasteiger partial charge in [0.25, 0.3) is 0 Å². The largest absolute Gasteiger partial charge is 0.507 e. The van der Waals surface area contributed by atoms with Crippen molar-refractivity contribution in [3.05, 3.63) is 27.8 Å². The molecule has 1 aromatic rings. The molecule has 2 aliphatic rings. The van der Waals surface area contributed by atoms with Crippen LogP contribution in [0.1, 0.15) is 69.1 Å². The third kappa shape index (κ3) is 5.50. The highest BCUT2D eigenvalue weighted by Gasteiger charge is 2.17. The average molecular weight is 321 g/mol. The van der Waals surface area contributed by atoms with Crippen LogP contribution in [0.5, 0.6) is 5.75 Å². The topological polar surface area (TPSA) is 83.0 Å². The van der Waals surface area contributed by atoms with E-state index in [9.17, 15) is 9.90 Å². The lowest BCUT2D eigenvalue weighted by Crippen LogP contribution is -2.17. The summed E-state index contributed by atoms with van der Waals surface area (Å²) in [6, 6.07) is 1.55. The molecule has 2 N–H and O–H groups in total. The molecule has 1 aromatic heterocycles. The SMILES string of the molecule is O=c1oc2cc(O)c1C(=NCCO)CCCCCCCCCC2. The molecule has 0 unspecified atom stereocenters. The summed E-state index contributed by atoms with van der Waals surface area (Å²) < 4.78 is 5.37. The third-order valence-electron chi connectivity index (χ3n) is 4.26.